The summed E-state index contributed by atoms with van der Waals surface area (Å²) in [6.07, 6.45) is 1.18. The molecule has 0 aromatic carbocycles. The van der Waals surface area contributed by atoms with E-state index in [-0.39, 0.29) is 24.3 Å². The van der Waals surface area contributed by atoms with Gasteiger partial charge in [-0.2, -0.15) is 0 Å². The van der Waals surface area contributed by atoms with E-state index in [0.717, 1.165) is 13.0 Å². The summed E-state index contributed by atoms with van der Waals surface area (Å²) in [5.41, 5.74) is 0. The van der Waals surface area contributed by atoms with E-state index in [2.05, 4.69) is 24.5 Å². The van der Waals surface area contributed by atoms with Crippen molar-refractivity contribution in [3.63, 3.8) is 0 Å². The summed E-state index contributed by atoms with van der Waals surface area (Å²) < 4.78 is 0. The summed E-state index contributed by atoms with van der Waals surface area (Å²) in [7, 11) is 0. The number of aliphatic carboxylic acids is 1. The predicted molar refractivity (Wildman–Crippen MR) is 71.4 cm³/mol. The maximum atomic E-state index is 11.7. The van der Waals surface area contributed by atoms with Crippen LogP contribution in [0.1, 0.15) is 47.0 Å². The number of carbonyl (C=O) groups excluding carboxylic acids is 1. The Labute approximate surface area is 109 Å². The SMILES string of the molecule is CC(C)NCCCC(=O)NC(CC(=O)O)C(C)C. The van der Waals surface area contributed by atoms with Crippen LogP contribution < -0.4 is 10.6 Å². The third-order valence-corrected chi connectivity index (χ3v) is 2.68. The first kappa shape index (κ1) is 16.9. The molecule has 0 radical (unpaired) electrons. The third kappa shape index (κ3) is 8.98. The van der Waals surface area contributed by atoms with E-state index in [1.807, 2.05) is 13.8 Å². The van der Waals surface area contributed by atoms with Gasteiger partial charge in [-0.05, 0) is 18.9 Å². The Balaban J connectivity index is 3.91. The number of carboxylic acid groups (broad SMARTS) is 1. The molecule has 18 heavy (non-hydrogen) atoms. The Kier molecular flexibility index (Phi) is 8.37. The molecule has 5 heteroatoms. The Bertz CT molecular complexity index is 265. The van der Waals surface area contributed by atoms with Gasteiger partial charge in [-0.25, -0.2) is 0 Å². The molecule has 0 fully saturated rings. The summed E-state index contributed by atoms with van der Waals surface area (Å²) in [4.78, 5) is 22.3. The fourth-order valence-corrected chi connectivity index (χ4v) is 1.56. The van der Waals surface area contributed by atoms with Crippen molar-refractivity contribution in [3.8, 4) is 0 Å². The minimum absolute atomic E-state index is 0.0202. The predicted octanol–water partition coefficient (Wildman–Crippen LogP) is 1.38. The van der Waals surface area contributed by atoms with E-state index in [9.17, 15) is 9.59 Å². The molecule has 0 bridgehead atoms. The lowest BCUT2D eigenvalue weighted by atomic mass is 10.0. The molecule has 0 saturated carbocycles. The van der Waals surface area contributed by atoms with Crippen molar-refractivity contribution in [3.05, 3.63) is 0 Å². The topological polar surface area (TPSA) is 78.4 Å². The van der Waals surface area contributed by atoms with E-state index < -0.39 is 5.97 Å². The van der Waals surface area contributed by atoms with Crippen molar-refractivity contribution in [1.29, 1.82) is 0 Å². The summed E-state index contributed by atoms with van der Waals surface area (Å²) in [6.45, 7) is 8.74. The second-order valence-electron chi connectivity index (χ2n) is 5.23. The lowest BCUT2D eigenvalue weighted by Gasteiger charge is -2.20. The van der Waals surface area contributed by atoms with Gasteiger partial charge in [-0.15, -0.1) is 0 Å². The molecule has 1 unspecified atom stereocenters. The summed E-state index contributed by atoms with van der Waals surface area (Å²) in [6, 6.07) is 0.136. The van der Waals surface area contributed by atoms with Crippen LogP contribution in [0.3, 0.4) is 0 Å². The number of hydrogen-bond donors (Lipinski definition) is 3. The first-order chi connectivity index (χ1) is 8.32. The van der Waals surface area contributed by atoms with Crippen molar-refractivity contribution in [1.82, 2.24) is 10.6 Å². The van der Waals surface area contributed by atoms with Crippen molar-refractivity contribution < 1.29 is 14.7 Å². The molecular weight excluding hydrogens is 232 g/mol. The van der Waals surface area contributed by atoms with E-state index >= 15 is 0 Å². The minimum Gasteiger partial charge on any atom is -0.481 e. The zero-order valence-corrected chi connectivity index (χ0v) is 11.8. The first-order valence-corrected chi connectivity index (χ1v) is 6.57. The summed E-state index contributed by atoms with van der Waals surface area (Å²) >= 11 is 0. The molecule has 0 aliphatic heterocycles. The number of nitrogens with one attached hydrogen (secondary N) is 2. The lowest BCUT2D eigenvalue weighted by molar-refractivity contribution is -0.138. The van der Waals surface area contributed by atoms with Gasteiger partial charge in [0.15, 0.2) is 0 Å². The Morgan fingerprint density at radius 1 is 1.17 bits per heavy atom. The molecule has 1 atom stereocenters. The van der Waals surface area contributed by atoms with Gasteiger partial charge in [-0.3, -0.25) is 9.59 Å². The standard InChI is InChI=1S/C13H26N2O3/c1-9(2)11(8-13(17)18)15-12(16)6-5-7-14-10(3)4/h9-11,14H,5-8H2,1-4H3,(H,15,16)(H,17,18). The van der Waals surface area contributed by atoms with Gasteiger partial charge in [0, 0.05) is 18.5 Å². The fourth-order valence-electron chi connectivity index (χ4n) is 1.56. The molecule has 0 saturated heterocycles. The molecule has 1 amide bonds. The van der Waals surface area contributed by atoms with Crippen LogP contribution in [0.4, 0.5) is 0 Å². The van der Waals surface area contributed by atoms with Crippen molar-refractivity contribution >= 4 is 11.9 Å². The van der Waals surface area contributed by atoms with Crippen LogP contribution in [0, 0.1) is 5.92 Å². The van der Waals surface area contributed by atoms with Crippen LogP contribution in [-0.4, -0.2) is 35.6 Å². The van der Waals surface area contributed by atoms with Crippen molar-refractivity contribution in [2.75, 3.05) is 6.54 Å². The largest absolute Gasteiger partial charge is 0.481 e. The molecule has 0 rings (SSSR count). The van der Waals surface area contributed by atoms with E-state index in [1.165, 1.54) is 0 Å². The van der Waals surface area contributed by atoms with Crippen LogP contribution >= 0.6 is 0 Å². The summed E-state index contributed by atoms with van der Waals surface area (Å²) in [5.74, 6) is -0.824. The highest BCUT2D eigenvalue weighted by Gasteiger charge is 2.18. The van der Waals surface area contributed by atoms with E-state index in [1.54, 1.807) is 0 Å². The number of carboxylic acids is 1. The highest BCUT2D eigenvalue weighted by atomic mass is 16.4. The Hall–Kier alpha value is -1.10. The normalized spacial score (nSPS) is 12.8. The number of amides is 1. The van der Waals surface area contributed by atoms with E-state index in [4.69, 9.17) is 5.11 Å². The van der Waals surface area contributed by atoms with Crippen molar-refractivity contribution in [2.45, 2.75) is 59.0 Å². The van der Waals surface area contributed by atoms with Gasteiger partial charge in [-0.1, -0.05) is 27.7 Å². The van der Waals surface area contributed by atoms with Gasteiger partial charge < -0.3 is 15.7 Å². The van der Waals surface area contributed by atoms with Crippen LogP contribution in [0.5, 0.6) is 0 Å². The van der Waals surface area contributed by atoms with E-state index in [0.29, 0.717) is 12.5 Å². The Morgan fingerprint density at radius 2 is 1.78 bits per heavy atom. The average molecular weight is 258 g/mol. The molecule has 106 valence electrons. The quantitative estimate of drug-likeness (QED) is 0.546. The fraction of sp³-hybridized carbons (Fsp3) is 0.846. The maximum absolute atomic E-state index is 11.7. The maximum Gasteiger partial charge on any atom is 0.305 e. The number of rotatable bonds is 9. The van der Waals surface area contributed by atoms with Gasteiger partial charge in [0.05, 0.1) is 6.42 Å². The molecule has 0 aromatic rings. The highest BCUT2D eigenvalue weighted by molar-refractivity contribution is 5.77. The monoisotopic (exact) mass is 258 g/mol. The first-order valence-electron chi connectivity index (χ1n) is 6.57. The molecular formula is C13H26N2O3. The lowest BCUT2D eigenvalue weighted by Crippen LogP contribution is -2.40. The molecule has 3 N–H and O–H groups in total. The van der Waals surface area contributed by atoms with Crippen LogP contribution in [0.2, 0.25) is 0 Å². The molecule has 0 heterocycles. The molecule has 0 aliphatic carbocycles. The number of hydrogen-bond acceptors (Lipinski definition) is 3. The molecule has 0 aliphatic rings. The molecule has 5 nitrogen and oxygen atoms in total. The Morgan fingerprint density at radius 3 is 2.22 bits per heavy atom. The van der Waals surface area contributed by atoms with Crippen molar-refractivity contribution in [2.24, 2.45) is 5.92 Å². The molecule has 0 spiro atoms. The zero-order valence-electron chi connectivity index (χ0n) is 11.8. The number of carbonyl (C=O) groups is 2. The second-order valence-corrected chi connectivity index (χ2v) is 5.23. The van der Waals surface area contributed by atoms with Gasteiger partial charge >= 0.3 is 5.97 Å². The van der Waals surface area contributed by atoms with Crippen LogP contribution in [-0.2, 0) is 9.59 Å². The molecule has 0 aromatic heterocycles. The second kappa shape index (κ2) is 8.91. The van der Waals surface area contributed by atoms with Gasteiger partial charge in [0.25, 0.3) is 0 Å². The summed E-state index contributed by atoms with van der Waals surface area (Å²) in [5, 5.41) is 14.8. The zero-order chi connectivity index (χ0) is 14.1. The highest BCUT2D eigenvalue weighted by Crippen LogP contribution is 2.06. The average Bonchev–Trinajstić information content (AvgIpc) is 2.22. The van der Waals surface area contributed by atoms with Gasteiger partial charge in [0.1, 0.15) is 0 Å². The third-order valence-electron chi connectivity index (χ3n) is 2.68. The van der Waals surface area contributed by atoms with Gasteiger partial charge in [0.2, 0.25) is 5.91 Å². The smallest absolute Gasteiger partial charge is 0.305 e. The van der Waals surface area contributed by atoms with Crippen LogP contribution in [0.25, 0.3) is 0 Å². The van der Waals surface area contributed by atoms with Crippen LogP contribution in [0.15, 0.2) is 0 Å². The minimum atomic E-state index is -0.879.